The molecule has 19 heavy (non-hydrogen) atoms. The van der Waals surface area contributed by atoms with E-state index in [0.29, 0.717) is 17.7 Å². The molecule has 1 atom stereocenters. The standard InChI is InChI=1S/C12H10ClF4NO/c13-8(5-12(15,16)17)7-3-6-1-2-11(19)18-10(6)4-9(7)14/h3-4,8H,1-2,5H2,(H,18,19). The Morgan fingerprint density at radius 2 is 2.00 bits per heavy atom. The second-order valence-corrected chi connectivity index (χ2v) is 4.89. The number of alkyl halides is 4. The molecule has 1 aromatic rings. The van der Waals surface area contributed by atoms with Crippen molar-refractivity contribution in [2.75, 3.05) is 5.32 Å². The number of carbonyl (C=O) groups excluding carboxylic acids is 1. The number of halogens is 5. The predicted octanol–water partition coefficient (Wildman–Crippen LogP) is 3.94. The third-order valence-electron chi connectivity index (χ3n) is 2.87. The zero-order valence-electron chi connectivity index (χ0n) is 9.65. The van der Waals surface area contributed by atoms with Gasteiger partial charge in [-0.05, 0) is 24.1 Å². The molecule has 7 heteroatoms. The zero-order chi connectivity index (χ0) is 14.2. The Hall–Kier alpha value is -1.30. The van der Waals surface area contributed by atoms with Crippen LogP contribution in [-0.4, -0.2) is 12.1 Å². The lowest BCUT2D eigenvalue weighted by atomic mass is 9.97. The van der Waals surface area contributed by atoms with Gasteiger partial charge in [0.2, 0.25) is 5.91 Å². The quantitative estimate of drug-likeness (QED) is 0.650. The summed E-state index contributed by atoms with van der Waals surface area (Å²) in [7, 11) is 0. The summed E-state index contributed by atoms with van der Waals surface area (Å²) in [4.78, 5) is 11.1. The molecule has 1 heterocycles. The number of aryl methyl sites for hydroxylation is 1. The molecule has 0 radical (unpaired) electrons. The number of hydrogen-bond acceptors (Lipinski definition) is 1. The normalized spacial score (nSPS) is 16.8. The van der Waals surface area contributed by atoms with Gasteiger partial charge in [-0.15, -0.1) is 11.6 Å². The first kappa shape index (κ1) is 14.1. The van der Waals surface area contributed by atoms with Crippen LogP contribution in [0.1, 0.15) is 29.3 Å². The molecule has 1 aliphatic heterocycles. The minimum Gasteiger partial charge on any atom is -0.326 e. The highest BCUT2D eigenvalue weighted by Gasteiger charge is 2.33. The number of hydrogen-bond donors (Lipinski definition) is 1. The van der Waals surface area contributed by atoms with E-state index in [-0.39, 0.29) is 17.9 Å². The van der Waals surface area contributed by atoms with Gasteiger partial charge >= 0.3 is 6.18 Å². The van der Waals surface area contributed by atoms with E-state index >= 15 is 0 Å². The first-order valence-electron chi connectivity index (χ1n) is 5.59. The molecule has 0 spiro atoms. The molecule has 0 aliphatic carbocycles. The summed E-state index contributed by atoms with van der Waals surface area (Å²) in [5, 5.41) is 1.00. The van der Waals surface area contributed by atoms with Crippen LogP contribution in [0.3, 0.4) is 0 Å². The Balaban J connectivity index is 2.30. The summed E-state index contributed by atoms with van der Waals surface area (Å²) in [5.41, 5.74) is 0.714. The van der Waals surface area contributed by atoms with Crippen molar-refractivity contribution >= 4 is 23.2 Å². The minimum absolute atomic E-state index is 0.186. The van der Waals surface area contributed by atoms with Crippen molar-refractivity contribution in [3.05, 3.63) is 29.1 Å². The molecule has 1 N–H and O–H groups in total. The molecular weight excluding hydrogens is 286 g/mol. The van der Waals surface area contributed by atoms with Crippen LogP contribution < -0.4 is 5.32 Å². The number of fused-ring (bicyclic) bond motifs is 1. The highest BCUT2D eigenvalue weighted by atomic mass is 35.5. The summed E-state index contributed by atoms with van der Waals surface area (Å²) >= 11 is 5.62. The molecule has 0 fully saturated rings. The van der Waals surface area contributed by atoms with Crippen LogP contribution in [0.15, 0.2) is 12.1 Å². The molecule has 1 amide bonds. The molecule has 0 aromatic heterocycles. The molecule has 0 saturated carbocycles. The second-order valence-electron chi connectivity index (χ2n) is 4.37. The van der Waals surface area contributed by atoms with Gasteiger partial charge in [0.05, 0.1) is 11.8 Å². The van der Waals surface area contributed by atoms with Gasteiger partial charge in [-0.25, -0.2) is 4.39 Å². The van der Waals surface area contributed by atoms with Gasteiger partial charge in [0, 0.05) is 17.7 Å². The molecule has 104 valence electrons. The van der Waals surface area contributed by atoms with Crippen molar-refractivity contribution in [3.8, 4) is 0 Å². The summed E-state index contributed by atoms with van der Waals surface area (Å²) < 4.78 is 50.5. The van der Waals surface area contributed by atoms with E-state index < -0.39 is 23.8 Å². The Morgan fingerprint density at radius 3 is 2.63 bits per heavy atom. The summed E-state index contributed by atoms with van der Waals surface area (Å²) in [6, 6.07) is 2.32. The van der Waals surface area contributed by atoms with Gasteiger partial charge in [-0.2, -0.15) is 13.2 Å². The van der Waals surface area contributed by atoms with Crippen molar-refractivity contribution in [2.45, 2.75) is 30.8 Å². The summed E-state index contributed by atoms with van der Waals surface area (Å²) in [5.74, 6) is -1.08. The van der Waals surface area contributed by atoms with Crippen molar-refractivity contribution in [1.29, 1.82) is 0 Å². The van der Waals surface area contributed by atoms with Gasteiger partial charge in [-0.3, -0.25) is 4.79 Å². The third-order valence-corrected chi connectivity index (χ3v) is 3.26. The lowest BCUT2D eigenvalue weighted by Crippen LogP contribution is -2.20. The minimum atomic E-state index is -4.46. The van der Waals surface area contributed by atoms with E-state index in [2.05, 4.69) is 5.32 Å². The molecule has 2 nitrogen and oxygen atoms in total. The van der Waals surface area contributed by atoms with Gasteiger partial charge in [-0.1, -0.05) is 0 Å². The SMILES string of the molecule is O=C1CCc2cc(C(Cl)CC(F)(F)F)c(F)cc2N1. The maximum Gasteiger partial charge on any atom is 0.390 e. The Labute approximate surface area is 111 Å². The molecule has 2 rings (SSSR count). The second kappa shape index (κ2) is 5.00. The number of benzene rings is 1. The van der Waals surface area contributed by atoms with Gasteiger partial charge in [0.15, 0.2) is 0 Å². The Kier molecular flexibility index (Phi) is 3.71. The van der Waals surface area contributed by atoms with E-state index in [0.717, 1.165) is 6.07 Å². The van der Waals surface area contributed by atoms with Crippen LogP contribution >= 0.6 is 11.6 Å². The fourth-order valence-electron chi connectivity index (χ4n) is 1.97. The van der Waals surface area contributed by atoms with Crippen molar-refractivity contribution in [3.63, 3.8) is 0 Å². The largest absolute Gasteiger partial charge is 0.390 e. The Bertz CT molecular complexity index is 515. The summed E-state index contributed by atoms with van der Waals surface area (Å²) in [6.45, 7) is 0. The van der Waals surface area contributed by atoms with Crippen LogP contribution in [0.25, 0.3) is 0 Å². The molecule has 1 unspecified atom stereocenters. The number of carbonyl (C=O) groups is 1. The number of amides is 1. The lowest BCUT2D eigenvalue weighted by Gasteiger charge is -2.20. The van der Waals surface area contributed by atoms with Gasteiger partial charge in [0.25, 0.3) is 0 Å². The van der Waals surface area contributed by atoms with Crippen LogP contribution in [0.2, 0.25) is 0 Å². The smallest absolute Gasteiger partial charge is 0.326 e. The predicted molar refractivity (Wildman–Crippen MR) is 62.6 cm³/mol. The fraction of sp³-hybridized carbons (Fsp3) is 0.417. The van der Waals surface area contributed by atoms with E-state index in [1.54, 1.807) is 0 Å². The van der Waals surface area contributed by atoms with E-state index in [1.165, 1.54) is 6.07 Å². The van der Waals surface area contributed by atoms with Crippen molar-refractivity contribution < 1.29 is 22.4 Å². The lowest BCUT2D eigenvalue weighted by molar-refractivity contribution is -0.134. The molecule has 0 saturated heterocycles. The van der Waals surface area contributed by atoms with Gasteiger partial charge < -0.3 is 5.32 Å². The first-order valence-corrected chi connectivity index (χ1v) is 6.03. The topological polar surface area (TPSA) is 29.1 Å². The van der Waals surface area contributed by atoms with Gasteiger partial charge in [0.1, 0.15) is 5.82 Å². The van der Waals surface area contributed by atoms with Crippen LogP contribution in [0.4, 0.5) is 23.2 Å². The Morgan fingerprint density at radius 1 is 1.32 bits per heavy atom. The summed E-state index contributed by atoms with van der Waals surface area (Å²) in [6.07, 6.45) is -5.16. The van der Waals surface area contributed by atoms with E-state index in [4.69, 9.17) is 11.6 Å². The van der Waals surface area contributed by atoms with Crippen LogP contribution in [0, 0.1) is 5.82 Å². The highest BCUT2D eigenvalue weighted by molar-refractivity contribution is 6.20. The molecule has 1 aromatic carbocycles. The van der Waals surface area contributed by atoms with Crippen molar-refractivity contribution in [1.82, 2.24) is 0 Å². The highest BCUT2D eigenvalue weighted by Crippen LogP contribution is 2.37. The zero-order valence-corrected chi connectivity index (χ0v) is 10.4. The van der Waals surface area contributed by atoms with E-state index in [1.807, 2.05) is 0 Å². The first-order chi connectivity index (χ1) is 8.76. The average Bonchev–Trinajstić information content (AvgIpc) is 2.25. The monoisotopic (exact) mass is 295 g/mol. The number of rotatable bonds is 2. The number of anilines is 1. The fourth-order valence-corrected chi connectivity index (χ4v) is 2.32. The van der Waals surface area contributed by atoms with E-state index in [9.17, 15) is 22.4 Å². The molecule has 1 aliphatic rings. The third kappa shape index (κ3) is 3.37. The molecule has 0 bridgehead atoms. The van der Waals surface area contributed by atoms with Crippen LogP contribution in [0.5, 0.6) is 0 Å². The van der Waals surface area contributed by atoms with Crippen molar-refractivity contribution in [2.24, 2.45) is 0 Å². The number of nitrogens with one attached hydrogen (secondary N) is 1. The van der Waals surface area contributed by atoms with Crippen LogP contribution in [-0.2, 0) is 11.2 Å². The maximum absolute atomic E-state index is 13.7. The maximum atomic E-state index is 13.7. The molecular formula is C12H10ClF4NO. The average molecular weight is 296 g/mol.